The third kappa shape index (κ3) is 9.97. The summed E-state index contributed by atoms with van der Waals surface area (Å²) >= 11 is 1.71. The predicted octanol–water partition coefficient (Wildman–Crippen LogP) is 4.03. The van der Waals surface area contributed by atoms with Crippen LogP contribution in [0.4, 0.5) is 0 Å². The number of aliphatic carboxylic acids is 2. The van der Waals surface area contributed by atoms with Crippen LogP contribution in [0.2, 0.25) is 0 Å². The van der Waals surface area contributed by atoms with Crippen molar-refractivity contribution in [1.82, 2.24) is 4.98 Å². The fourth-order valence-corrected chi connectivity index (χ4v) is 2.22. The van der Waals surface area contributed by atoms with Crippen molar-refractivity contribution >= 4 is 35.4 Å². The Morgan fingerprint density at radius 2 is 1.52 bits per heavy atom. The number of nitrogens with zero attached hydrogens (tertiary/aromatic N) is 1. The Bertz CT molecular complexity index is 593. The number of unbranched alkanes of at least 4 members (excludes halogenated alkanes) is 1. The Morgan fingerprint density at radius 1 is 0.957 bits per heavy atom. The molecule has 2 N–H and O–H groups in total. The van der Waals surface area contributed by atoms with Crippen LogP contribution < -0.4 is 0 Å². The van der Waals surface area contributed by atoms with Gasteiger partial charge in [0.25, 0.3) is 0 Å². The van der Waals surface area contributed by atoms with Gasteiger partial charge in [-0.3, -0.25) is 14.6 Å². The van der Waals surface area contributed by atoms with E-state index < -0.39 is 11.9 Å². The molecule has 0 aliphatic rings. The van der Waals surface area contributed by atoms with E-state index in [-0.39, 0.29) is 12.8 Å². The SMILES string of the molecule is C(=C\c1ccsc1)/c1ccncc1.O=C(O)CCCCC(=O)O. The summed E-state index contributed by atoms with van der Waals surface area (Å²) in [5.74, 6) is -1.74. The minimum atomic E-state index is -0.870. The van der Waals surface area contributed by atoms with E-state index in [0.29, 0.717) is 12.8 Å². The first kappa shape index (κ1) is 18.6. The van der Waals surface area contributed by atoms with Crippen molar-refractivity contribution in [3.8, 4) is 0 Å². The molecule has 6 heteroatoms. The number of hydrogen-bond acceptors (Lipinski definition) is 4. The van der Waals surface area contributed by atoms with Crippen molar-refractivity contribution in [2.75, 3.05) is 0 Å². The molecular weight excluding hydrogens is 314 g/mol. The Balaban J connectivity index is 0.000000241. The third-order valence-electron chi connectivity index (χ3n) is 2.75. The second-order valence-electron chi connectivity index (χ2n) is 4.67. The number of carbonyl (C=O) groups is 2. The zero-order valence-corrected chi connectivity index (χ0v) is 13.4. The second-order valence-corrected chi connectivity index (χ2v) is 5.45. The van der Waals surface area contributed by atoms with Gasteiger partial charge in [-0.2, -0.15) is 11.3 Å². The van der Waals surface area contributed by atoms with E-state index in [0.717, 1.165) is 0 Å². The topological polar surface area (TPSA) is 87.5 Å². The van der Waals surface area contributed by atoms with Gasteiger partial charge in [0.15, 0.2) is 0 Å². The van der Waals surface area contributed by atoms with Gasteiger partial charge in [0.2, 0.25) is 0 Å². The van der Waals surface area contributed by atoms with E-state index in [2.05, 4.69) is 34.0 Å². The van der Waals surface area contributed by atoms with E-state index in [9.17, 15) is 9.59 Å². The molecule has 0 fully saturated rings. The number of aromatic nitrogens is 1. The van der Waals surface area contributed by atoms with Crippen molar-refractivity contribution in [2.24, 2.45) is 0 Å². The lowest BCUT2D eigenvalue weighted by atomic mass is 10.2. The van der Waals surface area contributed by atoms with Crippen molar-refractivity contribution in [3.63, 3.8) is 0 Å². The highest BCUT2D eigenvalue weighted by Gasteiger charge is 1.99. The van der Waals surface area contributed by atoms with Crippen LogP contribution in [0.5, 0.6) is 0 Å². The molecule has 23 heavy (non-hydrogen) atoms. The zero-order chi connectivity index (χ0) is 16.9. The molecule has 0 atom stereocenters. The van der Waals surface area contributed by atoms with Crippen LogP contribution in [0.1, 0.15) is 36.8 Å². The van der Waals surface area contributed by atoms with Crippen LogP contribution >= 0.6 is 11.3 Å². The average Bonchev–Trinajstić information content (AvgIpc) is 3.04. The molecule has 2 aromatic heterocycles. The molecule has 0 radical (unpaired) electrons. The molecule has 5 nitrogen and oxygen atoms in total. The normalized spacial score (nSPS) is 10.1. The molecule has 0 aromatic carbocycles. The van der Waals surface area contributed by atoms with Crippen molar-refractivity contribution in [3.05, 3.63) is 52.5 Å². The van der Waals surface area contributed by atoms with Crippen LogP contribution in [-0.2, 0) is 9.59 Å². The monoisotopic (exact) mass is 333 g/mol. The Morgan fingerprint density at radius 3 is 2.00 bits per heavy atom. The molecule has 2 heterocycles. The predicted molar refractivity (Wildman–Crippen MR) is 91.2 cm³/mol. The lowest BCUT2D eigenvalue weighted by Gasteiger charge is -1.92. The van der Waals surface area contributed by atoms with E-state index in [1.807, 2.05) is 12.1 Å². The summed E-state index contributed by atoms with van der Waals surface area (Å²) in [6.45, 7) is 0. The highest BCUT2D eigenvalue weighted by molar-refractivity contribution is 7.08. The molecule has 0 saturated heterocycles. The Kier molecular flexibility index (Phi) is 9.00. The van der Waals surface area contributed by atoms with Gasteiger partial charge >= 0.3 is 11.9 Å². The molecule has 0 amide bonds. The van der Waals surface area contributed by atoms with Crippen LogP contribution in [0.25, 0.3) is 12.2 Å². The van der Waals surface area contributed by atoms with Gasteiger partial charge in [-0.1, -0.05) is 12.2 Å². The standard InChI is InChI=1S/C11H9NS.C6H10O4/c1(2-11-5-8-13-9-11)10-3-6-12-7-4-10;7-5(8)3-1-2-4-6(9)10/h1-9H;1-4H2,(H,7,8)(H,9,10)/b2-1+;. The summed E-state index contributed by atoms with van der Waals surface area (Å²) in [6, 6.07) is 6.08. The maximum absolute atomic E-state index is 9.90. The Hall–Kier alpha value is -2.47. The van der Waals surface area contributed by atoms with E-state index in [4.69, 9.17) is 10.2 Å². The third-order valence-corrected chi connectivity index (χ3v) is 3.45. The number of hydrogen-bond donors (Lipinski definition) is 2. The van der Waals surface area contributed by atoms with Gasteiger partial charge in [0.1, 0.15) is 0 Å². The summed E-state index contributed by atoms with van der Waals surface area (Å²) in [7, 11) is 0. The van der Waals surface area contributed by atoms with Gasteiger partial charge in [-0.05, 0) is 52.9 Å². The van der Waals surface area contributed by atoms with Crippen LogP contribution in [0.15, 0.2) is 41.4 Å². The Labute approximate surface area is 138 Å². The molecule has 2 aromatic rings. The zero-order valence-electron chi connectivity index (χ0n) is 12.6. The summed E-state index contributed by atoms with van der Waals surface area (Å²) in [4.78, 5) is 23.8. The second kappa shape index (κ2) is 11.1. The molecule has 0 unspecified atom stereocenters. The maximum atomic E-state index is 9.90. The number of pyridine rings is 1. The van der Waals surface area contributed by atoms with E-state index in [1.54, 1.807) is 23.7 Å². The first-order valence-corrected chi connectivity index (χ1v) is 8.06. The number of carboxylic acids is 2. The molecular formula is C17H19NO4S. The first-order chi connectivity index (χ1) is 11.1. The largest absolute Gasteiger partial charge is 0.481 e. The van der Waals surface area contributed by atoms with Gasteiger partial charge in [-0.25, -0.2) is 0 Å². The molecule has 0 saturated carbocycles. The molecule has 2 rings (SSSR count). The number of rotatable bonds is 7. The highest BCUT2D eigenvalue weighted by atomic mass is 32.1. The van der Waals surface area contributed by atoms with Crippen molar-refractivity contribution < 1.29 is 19.8 Å². The smallest absolute Gasteiger partial charge is 0.303 e. The summed E-state index contributed by atoms with van der Waals surface area (Å²) in [6.07, 6.45) is 8.81. The lowest BCUT2D eigenvalue weighted by molar-refractivity contribution is -0.139. The van der Waals surface area contributed by atoms with Crippen molar-refractivity contribution in [1.29, 1.82) is 0 Å². The first-order valence-electron chi connectivity index (χ1n) is 7.12. The van der Waals surface area contributed by atoms with E-state index >= 15 is 0 Å². The average molecular weight is 333 g/mol. The summed E-state index contributed by atoms with van der Waals surface area (Å²) in [5, 5.41) is 20.5. The molecule has 0 bridgehead atoms. The fourth-order valence-electron chi connectivity index (χ4n) is 1.59. The molecule has 122 valence electrons. The van der Waals surface area contributed by atoms with Gasteiger partial charge in [-0.15, -0.1) is 0 Å². The summed E-state index contributed by atoms with van der Waals surface area (Å²) < 4.78 is 0. The molecule has 0 spiro atoms. The summed E-state index contributed by atoms with van der Waals surface area (Å²) in [5.41, 5.74) is 2.43. The maximum Gasteiger partial charge on any atom is 0.303 e. The van der Waals surface area contributed by atoms with Gasteiger partial charge in [0.05, 0.1) is 0 Å². The van der Waals surface area contributed by atoms with Crippen LogP contribution in [-0.4, -0.2) is 27.1 Å². The fraction of sp³-hybridized carbons (Fsp3) is 0.235. The quantitative estimate of drug-likeness (QED) is 0.747. The lowest BCUT2D eigenvalue weighted by Crippen LogP contribution is -1.97. The van der Waals surface area contributed by atoms with Gasteiger partial charge < -0.3 is 10.2 Å². The van der Waals surface area contributed by atoms with E-state index in [1.165, 1.54) is 11.1 Å². The number of thiophene rings is 1. The van der Waals surface area contributed by atoms with Gasteiger partial charge in [0, 0.05) is 25.2 Å². The van der Waals surface area contributed by atoms with Crippen LogP contribution in [0, 0.1) is 0 Å². The van der Waals surface area contributed by atoms with Crippen LogP contribution in [0.3, 0.4) is 0 Å². The molecule has 0 aliphatic heterocycles. The minimum absolute atomic E-state index is 0.0628. The highest BCUT2D eigenvalue weighted by Crippen LogP contribution is 2.10. The number of carboxylic acid groups (broad SMARTS) is 2. The van der Waals surface area contributed by atoms with Crippen molar-refractivity contribution in [2.45, 2.75) is 25.7 Å². The minimum Gasteiger partial charge on any atom is -0.481 e. The molecule has 0 aliphatic carbocycles.